The highest BCUT2D eigenvalue weighted by atomic mass is 28.4. The standard InChI is InChI=1S/C11H22N2O2Si2/c1-16(2,3)10(17(4,5)6)8-7-12-11(15)13-9(8)14/h7,10H,1-6H3,(H2,12,13,14,15). The lowest BCUT2D eigenvalue weighted by molar-refractivity contribution is 0.972. The van der Waals surface area contributed by atoms with E-state index in [9.17, 15) is 9.59 Å². The van der Waals surface area contributed by atoms with E-state index in [0.717, 1.165) is 5.56 Å². The molecule has 0 radical (unpaired) electrons. The molecule has 17 heavy (non-hydrogen) atoms. The first-order valence-corrected chi connectivity index (χ1v) is 13.0. The largest absolute Gasteiger partial charge is 0.325 e. The van der Waals surface area contributed by atoms with Crippen molar-refractivity contribution in [2.24, 2.45) is 0 Å². The zero-order valence-corrected chi connectivity index (χ0v) is 13.5. The molecule has 0 unspecified atom stereocenters. The lowest BCUT2D eigenvalue weighted by atomic mass is 10.4. The molecule has 96 valence electrons. The normalized spacial score (nSPS) is 13.1. The van der Waals surface area contributed by atoms with Gasteiger partial charge in [-0.15, -0.1) is 0 Å². The summed E-state index contributed by atoms with van der Waals surface area (Å²) in [6.45, 7) is 13.7. The summed E-state index contributed by atoms with van der Waals surface area (Å²) >= 11 is 0. The van der Waals surface area contributed by atoms with Gasteiger partial charge in [0.15, 0.2) is 0 Å². The molecule has 2 N–H and O–H groups in total. The molecule has 0 bridgehead atoms. The molecule has 4 nitrogen and oxygen atoms in total. The number of H-pyrrole nitrogens is 2. The van der Waals surface area contributed by atoms with Crippen LogP contribution >= 0.6 is 0 Å². The second-order valence-electron chi connectivity index (χ2n) is 6.69. The summed E-state index contributed by atoms with van der Waals surface area (Å²) in [5.41, 5.74) is 0.121. The van der Waals surface area contributed by atoms with E-state index in [2.05, 4.69) is 49.3 Å². The molecule has 0 saturated carbocycles. The maximum absolute atomic E-state index is 11.9. The van der Waals surface area contributed by atoms with Crippen LogP contribution in [0.5, 0.6) is 0 Å². The van der Waals surface area contributed by atoms with Crippen LogP contribution in [0.3, 0.4) is 0 Å². The van der Waals surface area contributed by atoms with Crippen molar-refractivity contribution in [3.05, 3.63) is 32.6 Å². The van der Waals surface area contributed by atoms with Gasteiger partial charge in [-0.05, 0) is 5.16 Å². The maximum Gasteiger partial charge on any atom is 0.325 e. The van der Waals surface area contributed by atoms with E-state index in [1.807, 2.05) is 0 Å². The van der Waals surface area contributed by atoms with E-state index in [1.54, 1.807) is 6.20 Å². The number of hydrogen-bond acceptors (Lipinski definition) is 2. The van der Waals surface area contributed by atoms with E-state index >= 15 is 0 Å². The van der Waals surface area contributed by atoms with E-state index in [1.165, 1.54) is 0 Å². The second-order valence-corrected chi connectivity index (χ2v) is 17.9. The van der Waals surface area contributed by atoms with Crippen LogP contribution in [-0.2, 0) is 0 Å². The molecule has 0 fully saturated rings. The fraction of sp³-hybridized carbons (Fsp3) is 0.636. The lowest BCUT2D eigenvalue weighted by Crippen LogP contribution is -2.49. The average Bonchev–Trinajstić information content (AvgIpc) is 2.04. The summed E-state index contributed by atoms with van der Waals surface area (Å²) in [5.74, 6) is 0. The fourth-order valence-corrected chi connectivity index (χ4v) is 15.6. The van der Waals surface area contributed by atoms with Crippen molar-refractivity contribution in [1.82, 2.24) is 9.97 Å². The Morgan fingerprint density at radius 1 is 1.00 bits per heavy atom. The summed E-state index contributed by atoms with van der Waals surface area (Å²) in [6.07, 6.45) is 1.61. The number of aromatic amines is 2. The van der Waals surface area contributed by atoms with Gasteiger partial charge in [0.1, 0.15) is 0 Å². The highest BCUT2D eigenvalue weighted by Crippen LogP contribution is 2.33. The molecule has 1 aromatic rings. The first-order chi connectivity index (χ1) is 7.53. The van der Waals surface area contributed by atoms with Gasteiger partial charge in [-0.3, -0.25) is 9.78 Å². The predicted molar refractivity (Wildman–Crippen MR) is 77.1 cm³/mol. The molecule has 0 aromatic carbocycles. The third-order valence-corrected chi connectivity index (χ3v) is 12.2. The van der Waals surface area contributed by atoms with Crippen LogP contribution in [0.4, 0.5) is 0 Å². The van der Waals surface area contributed by atoms with Crippen LogP contribution in [-0.4, -0.2) is 26.1 Å². The maximum atomic E-state index is 11.9. The number of rotatable bonds is 3. The molecule has 1 rings (SSSR count). The summed E-state index contributed by atoms with van der Waals surface area (Å²) in [4.78, 5) is 28.0. The van der Waals surface area contributed by atoms with Crippen molar-refractivity contribution in [3.8, 4) is 0 Å². The third kappa shape index (κ3) is 3.29. The zero-order chi connectivity index (χ0) is 13.4. The van der Waals surface area contributed by atoms with Gasteiger partial charge in [0.2, 0.25) is 0 Å². The Hall–Kier alpha value is -0.886. The van der Waals surface area contributed by atoms with Gasteiger partial charge in [-0.2, -0.15) is 0 Å². The Kier molecular flexibility index (Phi) is 3.68. The molecule has 0 aliphatic heterocycles. The molecule has 1 heterocycles. The number of aromatic nitrogens is 2. The van der Waals surface area contributed by atoms with Gasteiger partial charge < -0.3 is 4.98 Å². The molecule has 1 aromatic heterocycles. The Morgan fingerprint density at radius 2 is 1.47 bits per heavy atom. The minimum atomic E-state index is -1.49. The fourth-order valence-electron chi connectivity index (χ4n) is 2.87. The van der Waals surface area contributed by atoms with Crippen molar-refractivity contribution >= 4 is 16.1 Å². The Morgan fingerprint density at radius 3 is 1.82 bits per heavy atom. The number of hydrogen-bond donors (Lipinski definition) is 2. The zero-order valence-electron chi connectivity index (χ0n) is 11.5. The van der Waals surface area contributed by atoms with E-state index in [4.69, 9.17) is 0 Å². The van der Waals surface area contributed by atoms with Crippen molar-refractivity contribution in [2.75, 3.05) is 0 Å². The molecule has 0 aliphatic rings. The predicted octanol–water partition coefficient (Wildman–Crippen LogP) is 1.90. The van der Waals surface area contributed by atoms with Crippen LogP contribution in [0.1, 0.15) is 10.7 Å². The molecule has 0 spiro atoms. The van der Waals surface area contributed by atoms with Gasteiger partial charge in [-0.1, -0.05) is 39.3 Å². The summed E-state index contributed by atoms with van der Waals surface area (Å²) in [6, 6.07) is 0. The Balaban J connectivity index is 3.44. The van der Waals surface area contributed by atoms with Crippen LogP contribution in [0.2, 0.25) is 39.3 Å². The van der Waals surface area contributed by atoms with Crippen molar-refractivity contribution in [3.63, 3.8) is 0 Å². The Labute approximate surface area is 104 Å². The van der Waals surface area contributed by atoms with Crippen LogP contribution < -0.4 is 11.2 Å². The van der Waals surface area contributed by atoms with E-state index in [0.29, 0.717) is 5.16 Å². The first kappa shape index (κ1) is 14.2. The minimum Gasteiger partial charge on any atom is -0.314 e. The summed E-state index contributed by atoms with van der Waals surface area (Å²) in [5, 5.41) is 0.343. The summed E-state index contributed by atoms with van der Waals surface area (Å²) < 4.78 is 0. The van der Waals surface area contributed by atoms with Gasteiger partial charge in [0.05, 0.1) is 0 Å². The van der Waals surface area contributed by atoms with Crippen LogP contribution in [0, 0.1) is 0 Å². The topological polar surface area (TPSA) is 65.7 Å². The van der Waals surface area contributed by atoms with Gasteiger partial charge in [0, 0.05) is 27.9 Å². The third-order valence-electron chi connectivity index (χ3n) is 2.89. The van der Waals surface area contributed by atoms with Gasteiger partial charge in [0.25, 0.3) is 5.56 Å². The van der Waals surface area contributed by atoms with Crippen LogP contribution in [0.25, 0.3) is 0 Å². The molecular weight excluding hydrogens is 248 g/mol. The van der Waals surface area contributed by atoms with Gasteiger partial charge in [-0.25, -0.2) is 4.79 Å². The molecule has 0 saturated heterocycles. The van der Waals surface area contributed by atoms with Crippen LogP contribution in [0.15, 0.2) is 15.8 Å². The monoisotopic (exact) mass is 270 g/mol. The SMILES string of the molecule is C[Si](C)(C)C(c1c[nH]c(=O)[nH]c1=O)[Si](C)(C)C. The quantitative estimate of drug-likeness (QED) is 0.824. The first-order valence-electron chi connectivity index (χ1n) is 5.85. The average molecular weight is 270 g/mol. The molecule has 0 atom stereocenters. The molecule has 6 heteroatoms. The lowest BCUT2D eigenvalue weighted by Gasteiger charge is -2.37. The highest BCUT2D eigenvalue weighted by Gasteiger charge is 2.40. The van der Waals surface area contributed by atoms with E-state index < -0.39 is 21.8 Å². The van der Waals surface area contributed by atoms with Crippen molar-refractivity contribution in [1.29, 1.82) is 0 Å². The smallest absolute Gasteiger partial charge is 0.314 e. The van der Waals surface area contributed by atoms with Crippen molar-refractivity contribution < 1.29 is 0 Å². The van der Waals surface area contributed by atoms with Crippen molar-refractivity contribution in [2.45, 2.75) is 44.4 Å². The Bertz CT molecular complexity index is 492. The minimum absolute atomic E-state index is 0.219. The summed E-state index contributed by atoms with van der Waals surface area (Å²) in [7, 11) is -2.98. The highest BCUT2D eigenvalue weighted by molar-refractivity contribution is 6.96. The van der Waals surface area contributed by atoms with E-state index in [-0.39, 0.29) is 5.56 Å². The molecular formula is C11H22N2O2Si2. The van der Waals surface area contributed by atoms with Gasteiger partial charge >= 0.3 is 5.69 Å². The molecule has 0 amide bonds. The molecule has 0 aliphatic carbocycles. The number of nitrogens with one attached hydrogen (secondary N) is 2. The second kappa shape index (κ2) is 4.41.